The predicted octanol–water partition coefficient (Wildman–Crippen LogP) is 2.92. The summed E-state index contributed by atoms with van der Waals surface area (Å²) >= 11 is 5.23. The topological polar surface area (TPSA) is 81.6 Å². The van der Waals surface area contributed by atoms with Crippen LogP contribution >= 0.6 is 12.2 Å². The molecule has 6 heteroatoms. The zero-order valence-electron chi connectivity index (χ0n) is 15.1. The summed E-state index contributed by atoms with van der Waals surface area (Å²) in [6, 6.07) is 0. The molecule has 0 bridgehead atoms. The van der Waals surface area contributed by atoms with Gasteiger partial charge in [0.2, 0.25) is 0 Å². The Morgan fingerprint density at radius 1 is 0.957 bits per heavy atom. The largest absolute Gasteiger partial charge is 0.481 e. The van der Waals surface area contributed by atoms with Crippen LogP contribution in [0, 0.1) is 10.8 Å². The van der Waals surface area contributed by atoms with Crippen molar-refractivity contribution in [3.63, 3.8) is 0 Å². The number of carbonyl (C=O) groups is 1. The summed E-state index contributed by atoms with van der Waals surface area (Å²) in [5.41, 5.74) is -0.0119. The molecule has 0 rings (SSSR count). The van der Waals surface area contributed by atoms with Gasteiger partial charge in [-0.2, -0.15) is 0 Å². The molecule has 0 aliphatic carbocycles. The summed E-state index contributed by atoms with van der Waals surface area (Å²) in [5, 5.41) is 24.8. The van der Waals surface area contributed by atoms with Crippen LogP contribution in [0.15, 0.2) is 0 Å². The molecular weight excluding hydrogens is 312 g/mol. The molecule has 0 unspecified atom stereocenters. The first-order valence-electron chi connectivity index (χ1n) is 8.42. The average Bonchev–Trinajstić information content (AvgIpc) is 2.38. The van der Waals surface area contributed by atoms with Gasteiger partial charge in [-0.1, -0.05) is 27.7 Å². The summed E-state index contributed by atoms with van der Waals surface area (Å²) in [5.74, 6) is -0.746. The van der Waals surface area contributed by atoms with Crippen molar-refractivity contribution in [2.45, 2.75) is 66.2 Å². The van der Waals surface area contributed by atoms with Gasteiger partial charge in [-0.15, -0.1) is 0 Å². The normalized spacial score (nSPS) is 12.0. The van der Waals surface area contributed by atoms with Gasteiger partial charge in [0.25, 0.3) is 0 Å². The fourth-order valence-electron chi connectivity index (χ4n) is 2.53. The van der Waals surface area contributed by atoms with Gasteiger partial charge in [0.1, 0.15) is 0 Å². The van der Waals surface area contributed by atoms with Gasteiger partial charge in [-0.3, -0.25) is 4.79 Å². The van der Waals surface area contributed by atoms with Gasteiger partial charge < -0.3 is 20.8 Å². The Kier molecular flexibility index (Phi) is 10.4. The number of aliphatic hydroxyl groups excluding tert-OH is 1. The van der Waals surface area contributed by atoms with Crippen LogP contribution in [-0.4, -0.2) is 41.0 Å². The molecule has 0 amide bonds. The molecule has 0 aliphatic rings. The Morgan fingerprint density at radius 3 is 1.87 bits per heavy atom. The molecule has 0 aliphatic heterocycles. The van der Waals surface area contributed by atoms with Gasteiger partial charge in [-0.25, -0.2) is 0 Å². The Hall–Kier alpha value is -0.880. The van der Waals surface area contributed by atoms with Crippen molar-refractivity contribution >= 4 is 23.3 Å². The zero-order chi connectivity index (χ0) is 17.9. The summed E-state index contributed by atoms with van der Waals surface area (Å²) < 4.78 is 0. The molecule has 0 saturated carbocycles. The minimum Gasteiger partial charge on any atom is -0.481 e. The Balaban J connectivity index is 3.71. The first-order chi connectivity index (χ1) is 10.6. The molecular formula is C17H34N2O3S. The van der Waals surface area contributed by atoms with E-state index in [-0.39, 0.29) is 23.9 Å². The maximum Gasteiger partial charge on any atom is 0.303 e. The SMILES string of the molecule is CC(C)(CCO)CCCNC(=S)NCCCC(C)(C)CC(=O)O. The monoisotopic (exact) mass is 346 g/mol. The Morgan fingerprint density at radius 2 is 1.43 bits per heavy atom. The van der Waals surface area contributed by atoms with Crippen molar-refractivity contribution in [1.82, 2.24) is 10.6 Å². The van der Waals surface area contributed by atoms with E-state index in [1.807, 2.05) is 13.8 Å². The van der Waals surface area contributed by atoms with E-state index in [1.54, 1.807) is 0 Å². The number of aliphatic carboxylic acids is 1. The van der Waals surface area contributed by atoms with Gasteiger partial charge in [0.05, 0.1) is 6.42 Å². The summed E-state index contributed by atoms with van der Waals surface area (Å²) in [4.78, 5) is 10.8. The minimum atomic E-state index is -0.746. The number of carboxylic acids is 1. The third kappa shape index (κ3) is 13.3. The zero-order valence-corrected chi connectivity index (χ0v) is 15.9. The smallest absolute Gasteiger partial charge is 0.303 e. The lowest BCUT2D eigenvalue weighted by molar-refractivity contribution is -0.139. The van der Waals surface area contributed by atoms with Crippen LogP contribution in [0.1, 0.15) is 66.2 Å². The fraction of sp³-hybridized carbons (Fsp3) is 0.882. The van der Waals surface area contributed by atoms with E-state index >= 15 is 0 Å². The van der Waals surface area contributed by atoms with Gasteiger partial charge in [-0.05, 0) is 55.2 Å². The molecule has 0 radical (unpaired) electrons. The van der Waals surface area contributed by atoms with E-state index in [0.29, 0.717) is 5.11 Å². The van der Waals surface area contributed by atoms with Crippen LogP contribution < -0.4 is 10.6 Å². The lowest BCUT2D eigenvalue weighted by Crippen LogP contribution is -2.36. The number of carboxylic acid groups (broad SMARTS) is 1. The highest BCUT2D eigenvalue weighted by atomic mass is 32.1. The van der Waals surface area contributed by atoms with Crippen molar-refractivity contribution in [3.8, 4) is 0 Å². The second-order valence-electron chi connectivity index (χ2n) is 7.76. The highest BCUT2D eigenvalue weighted by Gasteiger charge is 2.21. The second kappa shape index (κ2) is 10.8. The van der Waals surface area contributed by atoms with Crippen LogP contribution in [0.4, 0.5) is 0 Å². The molecule has 0 spiro atoms. The van der Waals surface area contributed by atoms with Crippen molar-refractivity contribution < 1.29 is 15.0 Å². The van der Waals surface area contributed by atoms with Gasteiger partial charge in [0, 0.05) is 19.7 Å². The first kappa shape index (κ1) is 22.1. The predicted molar refractivity (Wildman–Crippen MR) is 98.6 cm³/mol. The molecule has 0 saturated heterocycles. The third-order valence-corrected chi connectivity index (χ3v) is 4.34. The summed E-state index contributed by atoms with van der Waals surface area (Å²) in [6.07, 6.45) is 4.82. The maximum atomic E-state index is 10.8. The fourth-order valence-corrected chi connectivity index (χ4v) is 2.73. The summed E-state index contributed by atoms with van der Waals surface area (Å²) in [7, 11) is 0. The van der Waals surface area contributed by atoms with Crippen molar-refractivity contribution in [2.24, 2.45) is 10.8 Å². The molecule has 136 valence electrons. The second-order valence-corrected chi connectivity index (χ2v) is 8.17. The van der Waals surface area contributed by atoms with Crippen LogP contribution in [0.5, 0.6) is 0 Å². The number of hydrogen-bond donors (Lipinski definition) is 4. The van der Waals surface area contributed by atoms with Crippen molar-refractivity contribution in [1.29, 1.82) is 0 Å². The average molecular weight is 347 g/mol. The number of thiocarbonyl (C=S) groups is 1. The molecule has 0 atom stereocenters. The molecule has 0 fully saturated rings. The lowest BCUT2D eigenvalue weighted by Gasteiger charge is -2.23. The molecule has 5 nitrogen and oxygen atoms in total. The number of hydrogen-bond acceptors (Lipinski definition) is 3. The van der Waals surface area contributed by atoms with Crippen LogP contribution in [0.25, 0.3) is 0 Å². The molecule has 0 aromatic rings. The van der Waals surface area contributed by atoms with Crippen LogP contribution in [-0.2, 0) is 4.79 Å². The molecule has 23 heavy (non-hydrogen) atoms. The Labute approximate surface area is 146 Å². The molecule has 0 aromatic heterocycles. The van der Waals surface area contributed by atoms with Crippen molar-refractivity contribution in [2.75, 3.05) is 19.7 Å². The van der Waals surface area contributed by atoms with Gasteiger partial charge >= 0.3 is 5.97 Å². The summed E-state index contributed by atoms with van der Waals surface area (Å²) in [6.45, 7) is 10.1. The third-order valence-electron chi connectivity index (χ3n) is 4.05. The minimum absolute atomic E-state index is 0.168. The van der Waals surface area contributed by atoms with E-state index in [1.165, 1.54) is 0 Å². The van der Waals surface area contributed by atoms with Crippen LogP contribution in [0.2, 0.25) is 0 Å². The molecule has 0 aromatic carbocycles. The van der Waals surface area contributed by atoms with E-state index in [2.05, 4.69) is 24.5 Å². The standard InChI is InChI=1S/C17H34N2O3S/c1-16(2,9-12-20)7-5-10-18-15(23)19-11-6-8-17(3,4)13-14(21)22/h20H,5-13H2,1-4H3,(H,21,22)(H2,18,19,23). The number of rotatable bonds is 12. The van der Waals surface area contributed by atoms with Crippen molar-refractivity contribution in [3.05, 3.63) is 0 Å². The molecule has 4 N–H and O–H groups in total. The quantitative estimate of drug-likeness (QED) is 0.321. The first-order valence-corrected chi connectivity index (χ1v) is 8.83. The van der Waals surface area contributed by atoms with E-state index in [0.717, 1.165) is 45.2 Å². The number of aliphatic hydroxyl groups is 1. The van der Waals surface area contributed by atoms with E-state index in [4.69, 9.17) is 22.4 Å². The van der Waals surface area contributed by atoms with E-state index < -0.39 is 5.97 Å². The van der Waals surface area contributed by atoms with Gasteiger partial charge in [0.15, 0.2) is 5.11 Å². The highest BCUT2D eigenvalue weighted by molar-refractivity contribution is 7.80. The maximum absolute atomic E-state index is 10.8. The Bertz CT molecular complexity index is 371. The lowest BCUT2D eigenvalue weighted by atomic mass is 9.84. The highest BCUT2D eigenvalue weighted by Crippen LogP contribution is 2.26. The van der Waals surface area contributed by atoms with Crippen LogP contribution in [0.3, 0.4) is 0 Å². The molecule has 0 heterocycles. The number of nitrogens with one attached hydrogen (secondary N) is 2. The van der Waals surface area contributed by atoms with E-state index in [9.17, 15) is 4.79 Å².